The zero-order valence-electron chi connectivity index (χ0n) is 11.0. The number of aromatic nitrogens is 1. The van der Waals surface area contributed by atoms with Gasteiger partial charge in [0.05, 0.1) is 17.8 Å². The Balaban J connectivity index is 2.24. The van der Waals surface area contributed by atoms with Crippen molar-refractivity contribution in [3.63, 3.8) is 0 Å². The second kappa shape index (κ2) is 5.66. The summed E-state index contributed by atoms with van der Waals surface area (Å²) in [6, 6.07) is 12.4. The van der Waals surface area contributed by atoms with Gasteiger partial charge in [-0.05, 0) is 28.5 Å². The van der Waals surface area contributed by atoms with Gasteiger partial charge in [0, 0.05) is 6.07 Å². The molecule has 0 aliphatic carbocycles. The summed E-state index contributed by atoms with van der Waals surface area (Å²) < 4.78 is 0. The highest BCUT2D eigenvalue weighted by Crippen LogP contribution is 2.25. The van der Waals surface area contributed by atoms with Crippen LogP contribution in [0.3, 0.4) is 0 Å². The summed E-state index contributed by atoms with van der Waals surface area (Å²) in [7, 11) is 0. The molecule has 0 fully saturated rings. The Labute approximate surface area is 116 Å². The van der Waals surface area contributed by atoms with Crippen molar-refractivity contribution >= 4 is 11.5 Å². The van der Waals surface area contributed by atoms with E-state index in [-0.39, 0.29) is 12.4 Å². The van der Waals surface area contributed by atoms with Crippen molar-refractivity contribution in [3.05, 3.63) is 64.3 Å². The van der Waals surface area contributed by atoms with Crippen LogP contribution in [-0.4, -0.2) is 21.6 Å². The number of hydrogen-bond acceptors (Lipinski definition) is 5. The number of nitro groups is 1. The van der Waals surface area contributed by atoms with Gasteiger partial charge in [-0.2, -0.15) is 0 Å². The van der Waals surface area contributed by atoms with E-state index < -0.39 is 10.5 Å². The van der Waals surface area contributed by atoms with E-state index in [4.69, 9.17) is 0 Å². The lowest BCUT2D eigenvalue weighted by Gasteiger charge is -2.30. The molecule has 0 saturated carbocycles. The van der Waals surface area contributed by atoms with E-state index in [9.17, 15) is 15.2 Å². The van der Waals surface area contributed by atoms with Crippen LogP contribution in [0.25, 0.3) is 0 Å². The maximum Gasteiger partial charge on any atom is 0.363 e. The fraction of sp³-hybridized carbons (Fsp3) is 0.214. The van der Waals surface area contributed by atoms with E-state index in [0.717, 1.165) is 5.56 Å². The average molecular weight is 273 g/mol. The van der Waals surface area contributed by atoms with Crippen LogP contribution in [0.4, 0.5) is 11.5 Å². The number of benzene rings is 1. The van der Waals surface area contributed by atoms with Crippen molar-refractivity contribution in [2.75, 3.05) is 11.9 Å². The molecule has 6 heteroatoms. The lowest BCUT2D eigenvalue weighted by Crippen LogP contribution is -2.35. The fourth-order valence-corrected chi connectivity index (χ4v) is 1.90. The number of aliphatic hydroxyl groups excluding tert-OH is 1. The van der Waals surface area contributed by atoms with Crippen molar-refractivity contribution in [2.45, 2.75) is 12.5 Å². The monoisotopic (exact) mass is 273 g/mol. The van der Waals surface area contributed by atoms with Gasteiger partial charge in [0.1, 0.15) is 0 Å². The fourth-order valence-electron chi connectivity index (χ4n) is 1.90. The lowest BCUT2D eigenvalue weighted by molar-refractivity contribution is -0.389. The minimum atomic E-state index is -0.681. The first-order valence-electron chi connectivity index (χ1n) is 6.10. The van der Waals surface area contributed by atoms with Gasteiger partial charge in [0.2, 0.25) is 0 Å². The molecule has 1 aromatic carbocycles. The molecular formula is C14H15N3O3. The Kier molecular flexibility index (Phi) is 3.95. The lowest BCUT2D eigenvalue weighted by atomic mass is 9.92. The molecule has 0 saturated heterocycles. The molecule has 2 rings (SSSR count). The van der Waals surface area contributed by atoms with Crippen molar-refractivity contribution < 1.29 is 10.0 Å². The van der Waals surface area contributed by atoms with Crippen LogP contribution in [0.15, 0.2) is 48.7 Å². The van der Waals surface area contributed by atoms with Gasteiger partial charge in [-0.15, -0.1) is 0 Å². The summed E-state index contributed by atoms with van der Waals surface area (Å²) >= 11 is 0. The molecule has 104 valence electrons. The molecule has 1 heterocycles. The second-order valence-electron chi connectivity index (χ2n) is 4.64. The number of anilines is 1. The highest BCUT2D eigenvalue weighted by atomic mass is 16.6. The molecule has 0 aliphatic rings. The smallest absolute Gasteiger partial charge is 0.363 e. The third kappa shape index (κ3) is 2.92. The van der Waals surface area contributed by atoms with Gasteiger partial charge in [-0.3, -0.25) is 0 Å². The van der Waals surface area contributed by atoms with E-state index >= 15 is 0 Å². The second-order valence-corrected chi connectivity index (χ2v) is 4.64. The summed E-state index contributed by atoms with van der Waals surface area (Å²) in [5.74, 6) is -0.207. The number of aliphatic hydroxyl groups is 1. The van der Waals surface area contributed by atoms with Crippen LogP contribution in [-0.2, 0) is 5.54 Å². The first kappa shape index (κ1) is 14.0. The highest BCUT2D eigenvalue weighted by molar-refractivity contribution is 5.48. The highest BCUT2D eigenvalue weighted by Gasteiger charge is 2.26. The number of hydrogen-bond donors (Lipinski definition) is 2. The molecule has 1 aromatic heterocycles. The van der Waals surface area contributed by atoms with Crippen molar-refractivity contribution in [3.8, 4) is 0 Å². The first-order chi connectivity index (χ1) is 9.55. The first-order valence-corrected chi connectivity index (χ1v) is 6.10. The molecule has 2 N–H and O–H groups in total. The Morgan fingerprint density at radius 1 is 1.30 bits per heavy atom. The van der Waals surface area contributed by atoms with Gasteiger partial charge in [0.15, 0.2) is 6.20 Å². The zero-order chi connectivity index (χ0) is 14.6. The van der Waals surface area contributed by atoms with Gasteiger partial charge in [-0.25, -0.2) is 0 Å². The molecule has 1 atom stereocenters. The van der Waals surface area contributed by atoms with Crippen molar-refractivity contribution in [1.29, 1.82) is 0 Å². The summed E-state index contributed by atoms with van der Waals surface area (Å²) in [6.07, 6.45) is 1.38. The van der Waals surface area contributed by atoms with E-state index in [1.54, 1.807) is 6.07 Å². The summed E-state index contributed by atoms with van der Waals surface area (Å²) in [4.78, 5) is 13.8. The summed E-state index contributed by atoms with van der Waals surface area (Å²) in [5, 5.41) is 23.4. The van der Waals surface area contributed by atoms with Crippen LogP contribution in [0.5, 0.6) is 0 Å². The largest absolute Gasteiger partial charge is 0.394 e. The van der Waals surface area contributed by atoms with Gasteiger partial charge in [-0.1, -0.05) is 30.3 Å². The van der Waals surface area contributed by atoms with Crippen LogP contribution in [0.1, 0.15) is 12.5 Å². The van der Waals surface area contributed by atoms with Crippen LogP contribution in [0, 0.1) is 10.1 Å². The molecular weight excluding hydrogens is 258 g/mol. The molecule has 0 aliphatic heterocycles. The van der Waals surface area contributed by atoms with Gasteiger partial charge >= 0.3 is 5.82 Å². The third-order valence-electron chi connectivity index (χ3n) is 3.08. The molecule has 20 heavy (non-hydrogen) atoms. The Morgan fingerprint density at radius 3 is 2.50 bits per heavy atom. The van der Waals surface area contributed by atoms with Gasteiger partial charge < -0.3 is 20.5 Å². The normalized spacial score (nSPS) is 13.5. The molecule has 2 aromatic rings. The van der Waals surface area contributed by atoms with E-state index in [0.29, 0.717) is 5.69 Å². The molecule has 0 spiro atoms. The maximum absolute atomic E-state index is 10.6. The quantitative estimate of drug-likeness (QED) is 0.644. The predicted molar refractivity (Wildman–Crippen MR) is 75.4 cm³/mol. The third-order valence-corrected chi connectivity index (χ3v) is 3.08. The predicted octanol–water partition coefficient (Wildman–Crippen LogP) is 2.31. The van der Waals surface area contributed by atoms with E-state index in [2.05, 4.69) is 10.3 Å². The number of rotatable bonds is 5. The molecule has 0 radical (unpaired) electrons. The molecule has 0 bridgehead atoms. The Bertz CT molecular complexity index is 586. The number of pyridine rings is 1. The Morgan fingerprint density at radius 2 is 2.00 bits per heavy atom. The van der Waals surface area contributed by atoms with Crippen LogP contribution < -0.4 is 5.32 Å². The minimum absolute atomic E-state index is 0.117. The number of nitrogens with one attached hydrogen (secondary N) is 1. The summed E-state index contributed by atoms with van der Waals surface area (Å²) in [5.41, 5.74) is 0.843. The maximum atomic E-state index is 10.6. The van der Waals surface area contributed by atoms with Crippen molar-refractivity contribution in [1.82, 2.24) is 4.98 Å². The van der Waals surface area contributed by atoms with Crippen molar-refractivity contribution in [2.24, 2.45) is 0 Å². The van der Waals surface area contributed by atoms with Gasteiger partial charge in [0.25, 0.3) is 0 Å². The van der Waals surface area contributed by atoms with Crippen LogP contribution >= 0.6 is 0 Å². The minimum Gasteiger partial charge on any atom is -0.394 e. The molecule has 0 amide bonds. The Hall–Kier alpha value is -2.47. The van der Waals surface area contributed by atoms with E-state index in [1.807, 2.05) is 37.3 Å². The molecule has 6 nitrogen and oxygen atoms in total. The summed E-state index contributed by atoms with van der Waals surface area (Å²) in [6.45, 7) is 1.73. The zero-order valence-corrected chi connectivity index (χ0v) is 11.0. The van der Waals surface area contributed by atoms with E-state index in [1.165, 1.54) is 12.3 Å². The standard InChI is InChI=1S/C14H15N3O3/c1-14(10-18,11-5-3-2-4-6-11)16-12-7-8-13(15-9-12)17(19)20/h2-9,16,18H,10H2,1H3. The average Bonchev–Trinajstić information content (AvgIpc) is 2.48. The molecule has 1 unspecified atom stereocenters. The van der Waals surface area contributed by atoms with Crippen LogP contribution in [0.2, 0.25) is 0 Å². The SMILES string of the molecule is CC(CO)(Nc1ccc([N+](=O)[O-])nc1)c1ccccc1. The number of nitrogens with zero attached hydrogens (tertiary/aromatic N) is 2. The topological polar surface area (TPSA) is 88.3 Å².